The van der Waals surface area contributed by atoms with Gasteiger partial charge in [-0.05, 0) is 36.6 Å². The largest absolute Gasteiger partial charge is 0.352 e. The summed E-state index contributed by atoms with van der Waals surface area (Å²) >= 11 is 0. The molecule has 1 aliphatic heterocycles. The van der Waals surface area contributed by atoms with E-state index in [9.17, 15) is 9.59 Å². The van der Waals surface area contributed by atoms with Crippen molar-refractivity contribution < 1.29 is 9.59 Å². The summed E-state index contributed by atoms with van der Waals surface area (Å²) in [6, 6.07) is 11.6. The van der Waals surface area contributed by atoms with E-state index < -0.39 is 0 Å². The van der Waals surface area contributed by atoms with Gasteiger partial charge in [-0.1, -0.05) is 29.8 Å². The standard InChI is InChI=1S/C20H23N3O2/c1-14-3-5-16(6-4-14)19-17(7-8-18(24)23(19)2)20(25)22-13-15-9-11-21-12-10-15/h3-6,9-12,17,19H,7-8,13H2,1-2H3,(H,22,25). The molecule has 0 spiro atoms. The maximum atomic E-state index is 12.8. The van der Waals surface area contributed by atoms with Crippen LogP contribution in [0.3, 0.4) is 0 Å². The highest BCUT2D eigenvalue weighted by Gasteiger charge is 2.38. The van der Waals surface area contributed by atoms with Crippen LogP contribution in [0.4, 0.5) is 0 Å². The van der Waals surface area contributed by atoms with Crippen LogP contribution in [0, 0.1) is 12.8 Å². The van der Waals surface area contributed by atoms with Crippen LogP contribution in [0.15, 0.2) is 48.8 Å². The minimum Gasteiger partial charge on any atom is -0.352 e. The van der Waals surface area contributed by atoms with Gasteiger partial charge in [0.15, 0.2) is 0 Å². The van der Waals surface area contributed by atoms with Crippen molar-refractivity contribution in [3.63, 3.8) is 0 Å². The van der Waals surface area contributed by atoms with E-state index in [0.717, 1.165) is 16.7 Å². The van der Waals surface area contributed by atoms with Crippen molar-refractivity contribution in [3.8, 4) is 0 Å². The van der Waals surface area contributed by atoms with E-state index in [1.54, 1.807) is 24.3 Å². The number of piperidine rings is 1. The molecule has 1 fully saturated rings. The summed E-state index contributed by atoms with van der Waals surface area (Å²) in [5, 5.41) is 3.01. The molecule has 130 valence electrons. The number of likely N-dealkylation sites (tertiary alicyclic amines) is 1. The van der Waals surface area contributed by atoms with Gasteiger partial charge in [-0.2, -0.15) is 0 Å². The first-order valence-electron chi connectivity index (χ1n) is 8.55. The van der Waals surface area contributed by atoms with Crippen molar-refractivity contribution >= 4 is 11.8 Å². The van der Waals surface area contributed by atoms with Gasteiger partial charge in [0.1, 0.15) is 0 Å². The maximum absolute atomic E-state index is 12.8. The molecular formula is C20H23N3O2. The fourth-order valence-electron chi connectivity index (χ4n) is 3.35. The van der Waals surface area contributed by atoms with Crippen molar-refractivity contribution in [3.05, 3.63) is 65.5 Å². The number of amides is 2. The summed E-state index contributed by atoms with van der Waals surface area (Å²) < 4.78 is 0. The van der Waals surface area contributed by atoms with E-state index in [2.05, 4.69) is 10.3 Å². The summed E-state index contributed by atoms with van der Waals surface area (Å²) in [7, 11) is 1.79. The molecule has 1 aromatic heterocycles. The van der Waals surface area contributed by atoms with Crippen molar-refractivity contribution in [2.24, 2.45) is 5.92 Å². The molecule has 2 atom stereocenters. The number of hydrogen-bond donors (Lipinski definition) is 1. The van der Waals surface area contributed by atoms with E-state index >= 15 is 0 Å². The molecule has 0 aliphatic carbocycles. The van der Waals surface area contributed by atoms with Gasteiger partial charge >= 0.3 is 0 Å². The molecule has 25 heavy (non-hydrogen) atoms. The Morgan fingerprint density at radius 1 is 1.20 bits per heavy atom. The first-order chi connectivity index (χ1) is 12.1. The maximum Gasteiger partial charge on any atom is 0.225 e. The van der Waals surface area contributed by atoms with Gasteiger partial charge in [-0.15, -0.1) is 0 Å². The van der Waals surface area contributed by atoms with Gasteiger partial charge in [0.25, 0.3) is 0 Å². The zero-order chi connectivity index (χ0) is 17.8. The Balaban J connectivity index is 1.78. The highest BCUT2D eigenvalue weighted by Crippen LogP contribution is 2.36. The summed E-state index contributed by atoms with van der Waals surface area (Å²) in [5.74, 6) is -0.169. The van der Waals surface area contributed by atoms with Gasteiger partial charge < -0.3 is 10.2 Å². The van der Waals surface area contributed by atoms with E-state index in [1.807, 2.05) is 43.3 Å². The van der Waals surface area contributed by atoms with Gasteiger partial charge in [-0.3, -0.25) is 14.6 Å². The minimum absolute atomic E-state index is 0.0123. The SMILES string of the molecule is Cc1ccc(C2C(C(=O)NCc3ccncc3)CCC(=O)N2C)cc1. The number of aromatic nitrogens is 1. The first kappa shape index (κ1) is 17.1. The summed E-state index contributed by atoms with van der Waals surface area (Å²) in [5.41, 5.74) is 3.17. The van der Waals surface area contributed by atoms with Gasteiger partial charge in [-0.25, -0.2) is 0 Å². The Bertz CT molecular complexity index is 743. The second-order valence-electron chi connectivity index (χ2n) is 6.58. The van der Waals surface area contributed by atoms with Crippen LogP contribution in [0.5, 0.6) is 0 Å². The lowest BCUT2D eigenvalue weighted by atomic mass is 9.83. The van der Waals surface area contributed by atoms with Crippen LogP contribution < -0.4 is 5.32 Å². The Kier molecular flexibility index (Phi) is 5.12. The molecule has 5 heteroatoms. The molecule has 1 aliphatic rings. The van der Waals surface area contributed by atoms with Crippen molar-refractivity contribution in [1.29, 1.82) is 0 Å². The molecule has 2 aromatic rings. The molecule has 0 saturated carbocycles. The number of rotatable bonds is 4. The number of carbonyl (C=O) groups is 2. The number of hydrogen-bond acceptors (Lipinski definition) is 3. The van der Waals surface area contributed by atoms with Gasteiger partial charge in [0.2, 0.25) is 11.8 Å². The molecule has 5 nitrogen and oxygen atoms in total. The monoisotopic (exact) mass is 337 g/mol. The second kappa shape index (κ2) is 7.47. The van der Waals surface area contributed by atoms with Gasteiger partial charge in [0, 0.05) is 32.4 Å². The number of carbonyl (C=O) groups excluding carboxylic acids is 2. The molecule has 2 amide bonds. The third-order valence-corrected chi connectivity index (χ3v) is 4.83. The normalized spacial score (nSPS) is 20.4. The van der Waals surface area contributed by atoms with Crippen LogP contribution in [0.2, 0.25) is 0 Å². The average Bonchev–Trinajstić information content (AvgIpc) is 2.63. The average molecular weight is 337 g/mol. The lowest BCUT2D eigenvalue weighted by Crippen LogP contribution is -2.46. The molecule has 3 rings (SSSR count). The molecule has 2 unspecified atom stereocenters. The molecule has 1 N–H and O–H groups in total. The summed E-state index contributed by atoms with van der Waals surface area (Å²) in [6.07, 6.45) is 4.41. The smallest absolute Gasteiger partial charge is 0.225 e. The van der Waals surface area contributed by atoms with Crippen molar-refractivity contribution in [2.75, 3.05) is 7.05 Å². The Labute approximate surface area is 148 Å². The number of pyridine rings is 1. The Morgan fingerprint density at radius 3 is 2.56 bits per heavy atom. The van der Waals surface area contributed by atoms with Crippen LogP contribution in [-0.2, 0) is 16.1 Å². The lowest BCUT2D eigenvalue weighted by Gasteiger charge is -2.38. The topological polar surface area (TPSA) is 62.3 Å². The number of aryl methyl sites for hydroxylation is 1. The van der Waals surface area contributed by atoms with E-state index in [1.165, 1.54) is 0 Å². The lowest BCUT2D eigenvalue weighted by molar-refractivity contribution is -0.141. The number of benzene rings is 1. The second-order valence-corrected chi connectivity index (χ2v) is 6.58. The Morgan fingerprint density at radius 2 is 1.88 bits per heavy atom. The number of nitrogens with zero attached hydrogens (tertiary/aromatic N) is 2. The quantitative estimate of drug-likeness (QED) is 0.933. The van der Waals surface area contributed by atoms with Crippen LogP contribution >= 0.6 is 0 Å². The van der Waals surface area contributed by atoms with E-state index in [4.69, 9.17) is 0 Å². The van der Waals surface area contributed by atoms with Crippen molar-refractivity contribution in [2.45, 2.75) is 32.4 Å². The Hall–Kier alpha value is -2.69. The molecule has 1 saturated heterocycles. The molecule has 2 heterocycles. The fourth-order valence-corrected chi connectivity index (χ4v) is 3.35. The predicted molar refractivity (Wildman–Crippen MR) is 95.5 cm³/mol. The zero-order valence-corrected chi connectivity index (χ0v) is 14.6. The molecule has 0 bridgehead atoms. The summed E-state index contributed by atoms with van der Waals surface area (Å²) in [4.78, 5) is 30.7. The molecule has 0 radical (unpaired) electrons. The minimum atomic E-state index is -0.243. The third-order valence-electron chi connectivity index (χ3n) is 4.83. The van der Waals surface area contributed by atoms with E-state index in [-0.39, 0.29) is 23.8 Å². The first-order valence-corrected chi connectivity index (χ1v) is 8.55. The fraction of sp³-hybridized carbons (Fsp3) is 0.350. The van der Waals surface area contributed by atoms with Crippen LogP contribution in [0.25, 0.3) is 0 Å². The third kappa shape index (κ3) is 3.87. The zero-order valence-electron chi connectivity index (χ0n) is 14.6. The van der Waals surface area contributed by atoms with Gasteiger partial charge in [0.05, 0.1) is 12.0 Å². The molecular weight excluding hydrogens is 314 g/mol. The predicted octanol–water partition coefficient (Wildman–Crippen LogP) is 2.62. The van der Waals surface area contributed by atoms with Crippen molar-refractivity contribution in [1.82, 2.24) is 15.2 Å². The van der Waals surface area contributed by atoms with Crippen LogP contribution in [0.1, 0.15) is 35.6 Å². The highest BCUT2D eigenvalue weighted by atomic mass is 16.2. The number of nitrogens with one attached hydrogen (secondary N) is 1. The van der Waals surface area contributed by atoms with E-state index in [0.29, 0.717) is 19.4 Å². The van der Waals surface area contributed by atoms with Crippen LogP contribution in [-0.4, -0.2) is 28.7 Å². The highest BCUT2D eigenvalue weighted by molar-refractivity contribution is 5.84. The summed E-state index contributed by atoms with van der Waals surface area (Å²) in [6.45, 7) is 2.49. The molecule has 1 aromatic carbocycles.